The molecule has 0 aromatic heterocycles. The highest BCUT2D eigenvalue weighted by Gasteiger charge is 2.65. The first kappa shape index (κ1) is 23.6. The molecule has 0 saturated heterocycles. The van der Waals surface area contributed by atoms with Crippen molar-refractivity contribution in [2.75, 3.05) is 0 Å². The lowest BCUT2D eigenvalue weighted by Gasteiger charge is -2.60. The predicted molar refractivity (Wildman–Crippen MR) is 128 cm³/mol. The molecule has 0 N–H and O–H groups in total. The molecule has 4 aliphatic rings. The van der Waals surface area contributed by atoms with E-state index in [-0.39, 0.29) is 27.9 Å². The molecular weight excluding hydrogens is 396 g/mol. The molecule has 6 atom stereocenters. The minimum atomic E-state index is -0.418. The van der Waals surface area contributed by atoms with Crippen molar-refractivity contribution < 1.29 is 14.4 Å². The number of ketones is 3. The van der Waals surface area contributed by atoms with Gasteiger partial charge in [0.1, 0.15) is 5.78 Å². The zero-order valence-corrected chi connectivity index (χ0v) is 21.3. The van der Waals surface area contributed by atoms with E-state index in [0.717, 1.165) is 44.1 Å². The number of Topliss-reactive ketones (excluding diaryl/α,β-unsaturated/α-hetero) is 2. The first-order valence-corrected chi connectivity index (χ1v) is 12.8. The molecule has 0 heterocycles. The Labute approximate surface area is 194 Å². The Morgan fingerprint density at radius 2 is 1.75 bits per heavy atom. The molecule has 0 aromatic rings. The van der Waals surface area contributed by atoms with Gasteiger partial charge in [-0.15, -0.1) is 0 Å². The molecule has 2 saturated carbocycles. The van der Waals surface area contributed by atoms with Gasteiger partial charge in [0.2, 0.25) is 0 Å². The number of hydrogen-bond acceptors (Lipinski definition) is 3. The summed E-state index contributed by atoms with van der Waals surface area (Å²) in [6, 6.07) is 0. The van der Waals surface area contributed by atoms with Crippen molar-refractivity contribution >= 4 is 17.3 Å². The van der Waals surface area contributed by atoms with Gasteiger partial charge in [-0.1, -0.05) is 53.2 Å². The molecular formula is C29H42O3. The van der Waals surface area contributed by atoms with Crippen LogP contribution in [0, 0.1) is 39.4 Å². The van der Waals surface area contributed by atoms with Crippen LogP contribution in [-0.4, -0.2) is 17.3 Å². The van der Waals surface area contributed by atoms with E-state index in [2.05, 4.69) is 41.5 Å². The summed E-state index contributed by atoms with van der Waals surface area (Å²) in [7, 11) is 0. The maximum absolute atomic E-state index is 13.8. The van der Waals surface area contributed by atoms with Crippen LogP contribution in [0.15, 0.2) is 23.3 Å². The fourth-order valence-corrected chi connectivity index (χ4v) is 8.73. The molecule has 3 heteroatoms. The minimum absolute atomic E-state index is 0.0288. The molecule has 0 radical (unpaired) electrons. The largest absolute Gasteiger partial charge is 0.299 e. The molecule has 4 aliphatic carbocycles. The van der Waals surface area contributed by atoms with Crippen LogP contribution in [0.4, 0.5) is 0 Å². The van der Waals surface area contributed by atoms with E-state index in [0.29, 0.717) is 36.2 Å². The molecule has 3 nitrogen and oxygen atoms in total. The minimum Gasteiger partial charge on any atom is -0.299 e. The van der Waals surface area contributed by atoms with Crippen molar-refractivity contribution in [1.82, 2.24) is 0 Å². The maximum Gasteiger partial charge on any atom is 0.159 e. The van der Waals surface area contributed by atoms with Gasteiger partial charge in [-0.05, 0) is 80.1 Å². The highest BCUT2D eigenvalue weighted by atomic mass is 16.1. The van der Waals surface area contributed by atoms with Crippen LogP contribution in [-0.2, 0) is 14.4 Å². The van der Waals surface area contributed by atoms with Crippen molar-refractivity contribution in [2.45, 2.75) is 99.8 Å². The van der Waals surface area contributed by atoms with Crippen LogP contribution in [0.5, 0.6) is 0 Å². The van der Waals surface area contributed by atoms with Gasteiger partial charge in [-0.2, -0.15) is 0 Å². The summed E-state index contributed by atoms with van der Waals surface area (Å²) in [6.45, 7) is 15.3. The summed E-state index contributed by atoms with van der Waals surface area (Å²) >= 11 is 0. The van der Waals surface area contributed by atoms with Gasteiger partial charge in [0.25, 0.3) is 0 Å². The molecule has 0 aliphatic heterocycles. The van der Waals surface area contributed by atoms with Crippen LogP contribution >= 0.6 is 0 Å². The lowest BCUT2D eigenvalue weighted by Crippen LogP contribution is -2.56. The second-order valence-electron chi connectivity index (χ2n) is 12.7. The Morgan fingerprint density at radius 3 is 2.41 bits per heavy atom. The highest BCUT2D eigenvalue weighted by Crippen LogP contribution is 2.71. The van der Waals surface area contributed by atoms with Gasteiger partial charge in [0.05, 0.1) is 0 Å². The van der Waals surface area contributed by atoms with E-state index in [1.165, 1.54) is 5.57 Å². The Hall–Kier alpha value is -1.51. The molecule has 0 amide bonds. The SMILES string of the molecule is CC(=O)C=CCC(C)C1CCC2(C)C3=C(CCC12C)C1(C)CCC(=O)C(C)(C)C1CC3=O. The van der Waals surface area contributed by atoms with E-state index < -0.39 is 5.41 Å². The highest BCUT2D eigenvalue weighted by molar-refractivity contribution is 6.00. The topological polar surface area (TPSA) is 51.2 Å². The molecule has 6 unspecified atom stereocenters. The quantitative estimate of drug-likeness (QED) is 0.461. The monoisotopic (exact) mass is 438 g/mol. The van der Waals surface area contributed by atoms with E-state index in [1.54, 1.807) is 13.0 Å². The Kier molecular flexibility index (Phi) is 5.54. The van der Waals surface area contributed by atoms with Crippen LogP contribution in [0.25, 0.3) is 0 Å². The third kappa shape index (κ3) is 3.09. The van der Waals surface area contributed by atoms with E-state index >= 15 is 0 Å². The van der Waals surface area contributed by atoms with Crippen molar-refractivity contribution in [3.8, 4) is 0 Å². The number of rotatable bonds is 4. The smallest absolute Gasteiger partial charge is 0.159 e. The van der Waals surface area contributed by atoms with Gasteiger partial charge in [-0.3, -0.25) is 14.4 Å². The van der Waals surface area contributed by atoms with Crippen LogP contribution in [0.3, 0.4) is 0 Å². The molecule has 0 bridgehead atoms. The summed E-state index contributed by atoms with van der Waals surface area (Å²) in [6.07, 6.45) is 11.1. The molecule has 32 heavy (non-hydrogen) atoms. The normalized spacial score (nSPS) is 42.0. The molecule has 2 fully saturated rings. The van der Waals surface area contributed by atoms with Crippen molar-refractivity contribution in [1.29, 1.82) is 0 Å². The van der Waals surface area contributed by atoms with Gasteiger partial charge >= 0.3 is 0 Å². The predicted octanol–water partition coefficient (Wildman–Crippen LogP) is 6.66. The first-order chi connectivity index (χ1) is 14.8. The maximum atomic E-state index is 13.8. The lowest BCUT2D eigenvalue weighted by atomic mass is 9.43. The second-order valence-corrected chi connectivity index (χ2v) is 12.7. The number of hydrogen-bond donors (Lipinski definition) is 0. The standard InChI is InChI=1S/C29H42O3/c1-18(9-8-10-19(2)30)20-11-16-29(7)25-21(12-15-28(20,29)6)27(5)14-13-24(32)26(3,4)23(27)17-22(25)31/h8,10,18,20,23H,9,11-17H2,1-7H3. The Morgan fingerprint density at radius 1 is 1.06 bits per heavy atom. The Balaban J connectivity index is 1.73. The van der Waals surface area contributed by atoms with Crippen LogP contribution in [0.2, 0.25) is 0 Å². The fraction of sp³-hybridized carbons (Fsp3) is 0.759. The first-order valence-electron chi connectivity index (χ1n) is 12.8. The van der Waals surface area contributed by atoms with Gasteiger partial charge in [-0.25, -0.2) is 0 Å². The average molecular weight is 439 g/mol. The average Bonchev–Trinajstić information content (AvgIpc) is 2.98. The summed E-state index contributed by atoms with van der Waals surface area (Å²) in [5.41, 5.74) is 2.14. The van der Waals surface area contributed by atoms with E-state index in [4.69, 9.17) is 0 Å². The van der Waals surface area contributed by atoms with Crippen LogP contribution in [0.1, 0.15) is 99.8 Å². The second kappa shape index (κ2) is 7.50. The van der Waals surface area contributed by atoms with Crippen LogP contribution < -0.4 is 0 Å². The summed E-state index contributed by atoms with van der Waals surface area (Å²) < 4.78 is 0. The summed E-state index contributed by atoms with van der Waals surface area (Å²) in [4.78, 5) is 37.9. The lowest BCUT2D eigenvalue weighted by molar-refractivity contribution is -0.142. The van der Waals surface area contributed by atoms with E-state index in [1.807, 2.05) is 6.08 Å². The number of allylic oxidation sites excluding steroid dienone is 4. The zero-order valence-electron chi connectivity index (χ0n) is 21.3. The molecule has 0 spiro atoms. The van der Waals surface area contributed by atoms with Gasteiger partial charge in [0.15, 0.2) is 11.6 Å². The van der Waals surface area contributed by atoms with Gasteiger partial charge in [0, 0.05) is 29.2 Å². The third-order valence-corrected chi connectivity index (χ3v) is 10.9. The third-order valence-electron chi connectivity index (χ3n) is 10.9. The fourth-order valence-electron chi connectivity index (χ4n) is 8.73. The van der Waals surface area contributed by atoms with E-state index in [9.17, 15) is 14.4 Å². The Bertz CT molecular complexity index is 921. The van der Waals surface area contributed by atoms with Gasteiger partial charge < -0.3 is 0 Å². The van der Waals surface area contributed by atoms with Crippen molar-refractivity contribution in [2.24, 2.45) is 39.4 Å². The molecule has 176 valence electrons. The zero-order chi connectivity index (χ0) is 23.7. The molecule has 0 aromatic carbocycles. The number of fused-ring (bicyclic) bond motifs is 4. The number of carbonyl (C=O) groups is 3. The number of carbonyl (C=O) groups excluding carboxylic acids is 3. The van der Waals surface area contributed by atoms with Crippen molar-refractivity contribution in [3.63, 3.8) is 0 Å². The summed E-state index contributed by atoms with van der Waals surface area (Å²) in [5, 5.41) is 0. The van der Waals surface area contributed by atoms with Crippen molar-refractivity contribution in [3.05, 3.63) is 23.3 Å². The molecule has 4 rings (SSSR count). The summed E-state index contributed by atoms with van der Waals surface area (Å²) in [5.74, 6) is 1.94.